The van der Waals surface area contributed by atoms with E-state index < -0.39 is 0 Å². The molecule has 2 heterocycles. The van der Waals surface area contributed by atoms with Crippen molar-refractivity contribution in [2.45, 2.75) is 32.4 Å². The van der Waals surface area contributed by atoms with Gasteiger partial charge in [0.15, 0.2) is 0 Å². The Kier molecular flexibility index (Phi) is 3.50. The van der Waals surface area contributed by atoms with Crippen LogP contribution in [0.3, 0.4) is 0 Å². The topological polar surface area (TPSA) is 38.5 Å². The van der Waals surface area contributed by atoms with Crippen molar-refractivity contribution in [3.05, 3.63) is 29.8 Å². The van der Waals surface area contributed by atoms with Crippen molar-refractivity contribution in [2.24, 2.45) is 17.6 Å². The van der Waals surface area contributed by atoms with E-state index in [2.05, 4.69) is 43.0 Å². The van der Waals surface area contributed by atoms with Crippen molar-refractivity contribution < 1.29 is 4.74 Å². The Hall–Kier alpha value is -1.06. The van der Waals surface area contributed by atoms with Crippen LogP contribution in [0.2, 0.25) is 0 Å². The van der Waals surface area contributed by atoms with Gasteiger partial charge in [-0.1, -0.05) is 25.1 Å². The first-order valence-corrected chi connectivity index (χ1v) is 7.38. The average molecular weight is 260 g/mol. The first-order chi connectivity index (χ1) is 9.16. The van der Waals surface area contributed by atoms with Gasteiger partial charge in [0, 0.05) is 30.1 Å². The van der Waals surface area contributed by atoms with E-state index in [1.165, 1.54) is 12.0 Å². The minimum atomic E-state index is 0.301. The number of para-hydroxylation sites is 1. The normalized spacial score (nSPS) is 32.7. The maximum absolute atomic E-state index is 6.07. The molecule has 3 nitrogen and oxygen atoms in total. The number of hydrogen-bond acceptors (Lipinski definition) is 3. The standard InChI is InChI=1S/C16H24N2O/c1-11-10-19-15-6-4-3-5-14(15)16(11)18-8-7-13(9-18)12(2)17/h3-6,11-13,16H,7-10,17H2,1-2H3. The fraction of sp³-hybridized carbons (Fsp3) is 0.625. The molecular formula is C16H24N2O. The van der Waals surface area contributed by atoms with Gasteiger partial charge >= 0.3 is 0 Å². The van der Waals surface area contributed by atoms with E-state index in [4.69, 9.17) is 10.5 Å². The Labute approximate surface area is 115 Å². The van der Waals surface area contributed by atoms with Gasteiger partial charge in [-0.2, -0.15) is 0 Å². The van der Waals surface area contributed by atoms with Gasteiger partial charge in [-0.25, -0.2) is 0 Å². The second-order valence-corrected chi connectivity index (χ2v) is 6.17. The van der Waals surface area contributed by atoms with Crippen molar-refractivity contribution in [1.82, 2.24) is 4.90 Å². The summed E-state index contributed by atoms with van der Waals surface area (Å²) in [6.07, 6.45) is 1.23. The molecule has 0 saturated carbocycles. The molecule has 4 unspecified atom stereocenters. The summed E-state index contributed by atoms with van der Waals surface area (Å²) >= 11 is 0. The molecule has 1 aromatic carbocycles. The van der Waals surface area contributed by atoms with Crippen LogP contribution in [0.4, 0.5) is 0 Å². The van der Waals surface area contributed by atoms with Crippen LogP contribution in [0.25, 0.3) is 0 Å². The molecule has 4 atom stereocenters. The van der Waals surface area contributed by atoms with Gasteiger partial charge in [-0.05, 0) is 31.9 Å². The second kappa shape index (κ2) is 5.14. The van der Waals surface area contributed by atoms with Crippen molar-refractivity contribution in [1.29, 1.82) is 0 Å². The molecule has 1 fully saturated rings. The van der Waals surface area contributed by atoms with E-state index in [-0.39, 0.29) is 0 Å². The quantitative estimate of drug-likeness (QED) is 0.887. The summed E-state index contributed by atoms with van der Waals surface area (Å²) in [5.41, 5.74) is 7.42. The lowest BCUT2D eigenvalue weighted by atomic mass is 9.90. The van der Waals surface area contributed by atoms with Gasteiger partial charge in [-0.15, -0.1) is 0 Å². The summed E-state index contributed by atoms with van der Waals surface area (Å²) in [6, 6.07) is 9.28. The Morgan fingerprint density at radius 1 is 1.37 bits per heavy atom. The summed E-state index contributed by atoms with van der Waals surface area (Å²) in [5, 5.41) is 0. The van der Waals surface area contributed by atoms with E-state index in [1.807, 2.05) is 0 Å². The maximum Gasteiger partial charge on any atom is 0.124 e. The van der Waals surface area contributed by atoms with Crippen LogP contribution in [0.5, 0.6) is 5.75 Å². The van der Waals surface area contributed by atoms with Crippen LogP contribution in [-0.4, -0.2) is 30.6 Å². The Bertz CT molecular complexity index is 446. The van der Waals surface area contributed by atoms with Gasteiger partial charge in [0.05, 0.1) is 6.61 Å². The van der Waals surface area contributed by atoms with Crippen molar-refractivity contribution in [3.63, 3.8) is 0 Å². The SMILES string of the molecule is CC(N)C1CCN(C2c3ccccc3OCC2C)C1. The van der Waals surface area contributed by atoms with E-state index >= 15 is 0 Å². The maximum atomic E-state index is 6.07. The summed E-state index contributed by atoms with van der Waals surface area (Å²) in [7, 11) is 0. The van der Waals surface area contributed by atoms with Crippen molar-refractivity contribution in [3.8, 4) is 5.75 Å². The fourth-order valence-corrected chi connectivity index (χ4v) is 3.53. The zero-order chi connectivity index (χ0) is 13.4. The van der Waals surface area contributed by atoms with Gasteiger partial charge in [0.2, 0.25) is 0 Å². The molecule has 0 spiro atoms. The molecule has 104 valence electrons. The number of nitrogens with two attached hydrogens (primary N) is 1. The Morgan fingerprint density at radius 2 is 2.16 bits per heavy atom. The van der Waals surface area contributed by atoms with Crippen LogP contribution in [0, 0.1) is 11.8 Å². The van der Waals surface area contributed by atoms with Crippen LogP contribution in [0.1, 0.15) is 31.9 Å². The summed E-state index contributed by atoms with van der Waals surface area (Å²) in [5.74, 6) is 2.25. The van der Waals surface area contributed by atoms with E-state index in [0.717, 1.165) is 25.4 Å². The smallest absolute Gasteiger partial charge is 0.124 e. The number of likely N-dealkylation sites (tertiary alicyclic amines) is 1. The number of fused-ring (bicyclic) bond motifs is 1. The number of ether oxygens (including phenoxy) is 1. The first-order valence-electron chi connectivity index (χ1n) is 7.38. The number of hydrogen-bond donors (Lipinski definition) is 1. The van der Waals surface area contributed by atoms with Crippen LogP contribution >= 0.6 is 0 Å². The van der Waals surface area contributed by atoms with Gasteiger partial charge < -0.3 is 10.5 Å². The van der Waals surface area contributed by atoms with Crippen LogP contribution < -0.4 is 10.5 Å². The highest BCUT2D eigenvalue weighted by Gasteiger charge is 2.37. The fourth-order valence-electron chi connectivity index (χ4n) is 3.53. The molecule has 0 bridgehead atoms. The highest BCUT2D eigenvalue weighted by atomic mass is 16.5. The van der Waals surface area contributed by atoms with E-state index in [9.17, 15) is 0 Å². The molecule has 3 rings (SSSR count). The summed E-state index contributed by atoms with van der Waals surface area (Å²) in [4.78, 5) is 2.61. The summed E-state index contributed by atoms with van der Waals surface area (Å²) < 4.78 is 5.85. The Morgan fingerprint density at radius 3 is 2.89 bits per heavy atom. The predicted octanol–water partition coefficient (Wildman–Crippen LogP) is 2.43. The molecule has 0 amide bonds. The van der Waals surface area contributed by atoms with Gasteiger partial charge in [0.25, 0.3) is 0 Å². The minimum absolute atomic E-state index is 0.301. The van der Waals surface area contributed by atoms with Crippen LogP contribution in [-0.2, 0) is 0 Å². The predicted molar refractivity (Wildman–Crippen MR) is 77.2 cm³/mol. The zero-order valence-corrected chi connectivity index (χ0v) is 11.9. The number of benzene rings is 1. The first kappa shape index (κ1) is 12.9. The lowest BCUT2D eigenvalue weighted by molar-refractivity contribution is 0.105. The molecule has 19 heavy (non-hydrogen) atoms. The van der Waals surface area contributed by atoms with Crippen molar-refractivity contribution >= 4 is 0 Å². The number of nitrogens with zero attached hydrogens (tertiary/aromatic N) is 1. The van der Waals surface area contributed by atoms with Crippen molar-refractivity contribution in [2.75, 3.05) is 19.7 Å². The molecule has 2 aliphatic heterocycles. The van der Waals surface area contributed by atoms with E-state index in [0.29, 0.717) is 23.9 Å². The average Bonchev–Trinajstić information content (AvgIpc) is 2.88. The van der Waals surface area contributed by atoms with E-state index in [1.54, 1.807) is 0 Å². The van der Waals surface area contributed by atoms with Gasteiger partial charge in [0.1, 0.15) is 5.75 Å². The lowest BCUT2D eigenvalue weighted by Gasteiger charge is -2.38. The molecule has 3 heteroatoms. The molecule has 1 saturated heterocycles. The monoisotopic (exact) mass is 260 g/mol. The molecule has 2 N–H and O–H groups in total. The third-order valence-electron chi connectivity index (χ3n) is 4.67. The third-order valence-corrected chi connectivity index (χ3v) is 4.67. The summed E-state index contributed by atoms with van der Waals surface area (Å²) in [6.45, 7) is 7.53. The third kappa shape index (κ3) is 2.37. The van der Waals surface area contributed by atoms with Crippen LogP contribution in [0.15, 0.2) is 24.3 Å². The largest absolute Gasteiger partial charge is 0.493 e. The highest BCUT2D eigenvalue weighted by molar-refractivity contribution is 5.38. The molecular weight excluding hydrogens is 236 g/mol. The lowest BCUT2D eigenvalue weighted by Crippen LogP contribution is -2.38. The minimum Gasteiger partial charge on any atom is -0.493 e. The van der Waals surface area contributed by atoms with Gasteiger partial charge in [-0.3, -0.25) is 4.90 Å². The molecule has 1 aromatic rings. The Balaban J connectivity index is 1.84. The molecule has 0 radical (unpaired) electrons. The number of rotatable bonds is 2. The second-order valence-electron chi connectivity index (χ2n) is 6.17. The molecule has 0 aromatic heterocycles. The zero-order valence-electron chi connectivity index (χ0n) is 11.9. The molecule has 2 aliphatic rings. The molecule has 0 aliphatic carbocycles. The highest BCUT2D eigenvalue weighted by Crippen LogP contribution is 2.41.